The Morgan fingerprint density at radius 3 is 2.50 bits per heavy atom. The molecule has 0 fully saturated rings. The molecule has 2 aromatic rings. The summed E-state index contributed by atoms with van der Waals surface area (Å²) >= 11 is 0. The van der Waals surface area contributed by atoms with Crippen molar-refractivity contribution in [2.24, 2.45) is 0 Å². The number of aromatic nitrogens is 1. The van der Waals surface area contributed by atoms with E-state index in [0.717, 1.165) is 12.1 Å². The summed E-state index contributed by atoms with van der Waals surface area (Å²) in [6.07, 6.45) is 2.72. The Bertz CT molecular complexity index is 543. The average Bonchev–Trinajstić information content (AvgIpc) is 2.42. The van der Waals surface area contributed by atoms with E-state index in [1.54, 1.807) is 0 Å². The molecule has 0 radical (unpaired) electrons. The Labute approximate surface area is 130 Å². The van der Waals surface area contributed by atoms with Crippen LogP contribution in [0.5, 0.6) is 0 Å². The molecular formula is C16H18BrNO2. The first-order valence-corrected chi connectivity index (χ1v) is 6.46. The van der Waals surface area contributed by atoms with Crippen molar-refractivity contribution in [1.82, 2.24) is 0 Å². The number of carbonyl (C=O) groups excluding carboxylic acids is 1. The third-order valence-electron chi connectivity index (χ3n) is 2.87. The Balaban J connectivity index is 0.00000200. The minimum atomic E-state index is -0.201. The number of ether oxygens (including phenoxy) is 1. The third kappa shape index (κ3) is 4.78. The van der Waals surface area contributed by atoms with Crippen molar-refractivity contribution < 1.29 is 31.1 Å². The summed E-state index contributed by atoms with van der Waals surface area (Å²) in [5.74, 6) is -0.201. The van der Waals surface area contributed by atoms with Gasteiger partial charge in [0, 0.05) is 12.1 Å². The second-order valence-electron chi connectivity index (χ2n) is 4.29. The Morgan fingerprint density at radius 1 is 1.10 bits per heavy atom. The molecule has 0 aliphatic carbocycles. The van der Waals surface area contributed by atoms with E-state index < -0.39 is 0 Å². The topological polar surface area (TPSA) is 30.2 Å². The number of carbonyl (C=O) groups is 1. The summed E-state index contributed by atoms with van der Waals surface area (Å²) in [5, 5.41) is 0. The minimum Gasteiger partial charge on any atom is -1.00 e. The fourth-order valence-corrected chi connectivity index (χ4v) is 1.98. The van der Waals surface area contributed by atoms with Crippen LogP contribution in [0, 0.1) is 0 Å². The van der Waals surface area contributed by atoms with Gasteiger partial charge in [0.15, 0.2) is 11.9 Å². The lowest BCUT2D eigenvalue weighted by Gasteiger charge is -2.04. The van der Waals surface area contributed by atoms with Crippen molar-refractivity contribution in [2.75, 3.05) is 6.61 Å². The van der Waals surface area contributed by atoms with E-state index in [4.69, 9.17) is 4.74 Å². The van der Waals surface area contributed by atoms with E-state index in [-0.39, 0.29) is 29.5 Å². The number of rotatable bonds is 5. The summed E-state index contributed by atoms with van der Waals surface area (Å²) in [7, 11) is 0. The summed E-state index contributed by atoms with van der Waals surface area (Å²) in [5.41, 5.74) is 2.33. The van der Waals surface area contributed by atoms with Gasteiger partial charge in [0.2, 0.25) is 6.54 Å². The van der Waals surface area contributed by atoms with Crippen LogP contribution in [-0.2, 0) is 22.5 Å². The lowest BCUT2D eigenvalue weighted by atomic mass is 10.1. The fourth-order valence-electron chi connectivity index (χ4n) is 1.98. The monoisotopic (exact) mass is 335 g/mol. The van der Waals surface area contributed by atoms with Crippen LogP contribution in [0.2, 0.25) is 0 Å². The van der Waals surface area contributed by atoms with Crippen LogP contribution < -0.4 is 21.5 Å². The maximum absolute atomic E-state index is 11.6. The predicted octanol–water partition coefficient (Wildman–Crippen LogP) is -0.868. The number of benzene rings is 1. The van der Waals surface area contributed by atoms with Crippen molar-refractivity contribution in [1.29, 1.82) is 0 Å². The van der Waals surface area contributed by atoms with Crippen LogP contribution in [0.25, 0.3) is 0 Å². The number of hydrogen-bond donors (Lipinski definition) is 0. The van der Waals surface area contributed by atoms with Gasteiger partial charge in [-0.15, -0.1) is 0 Å². The highest BCUT2D eigenvalue weighted by atomic mass is 79.9. The van der Waals surface area contributed by atoms with Gasteiger partial charge in [0.05, 0.1) is 13.0 Å². The van der Waals surface area contributed by atoms with E-state index in [0.29, 0.717) is 6.61 Å². The number of halogens is 1. The highest BCUT2D eigenvalue weighted by molar-refractivity contribution is 5.67. The Morgan fingerprint density at radius 2 is 1.80 bits per heavy atom. The van der Waals surface area contributed by atoms with Gasteiger partial charge >= 0.3 is 5.97 Å². The smallest absolute Gasteiger partial charge is 0.372 e. The van der Waals surface area contributed by atoms with Crippen molar-refractivity contribution in [2.45, 2.75) is 19.9 Å². The first-order chi connectivity index (χ1) is 9.29. The standard InChI is InChI=1S/C16H18NO2.BrH/c1-2-19-16(18)13-17-11-7-6-10-15(17)12-14-8-4-3-5-9-14;/h3-11H,2,12-13H2,1H3;1H/q+1;/p-1. The zero-order valence-electron chi connectivity index (χ0n) is 11.5. The van der Waals surface area contributed by atoms with Gasteiger partial charge in [0.25, 0.3) is 0 Å². The van der Waals surface area contributed by atoms with Crippen molar-refractivity contribution in [3.63, 3.8) is 0 Å². The van der Waals surface area contributed by atoms with Gasteiger partial charge in [-0.2, -0.15) is 4.57 Å². The van der Waals surface area contributed by atoms with E-state index >= 15 is 0 Å². The van der Waals surface area contributed by atoms with Crippen LogP contribution in [-0.4, -0.2) is 12.6 Å². The molecule has 3 nitrogen and oxygen atoms in total. The normalized spacial score (nSPS) is 9.65. The van der Waals surface area contributed by atoms with Gasteiger partial charge in [-0.1, -0.05) is 36.4 Å². The highest BCUT2D eigenvalue weighted by Crippen LogP contribution is 2.05. The molecule has 0 amide bonds. The van der Waals surface area contributed by atoms with Crippen molar-refractivity contribution in [3.8, 4) is 0 Å². The van der Waals surface area contributed by atoms with Gasteiger partial charge in [-0.25, -0.2) is 4.79 Å². The highest BCUT2D eigenvalue weighted by Gasteiger charge is 2.15. The maximum atomic E-state index is 11.6. The van der Waals surface area contributed by atoms with Crippen LogP contribution in [0.15, 0.2) is 54.7 Å². The number of esters is 1. The number of nitrogens with zero attached hydrogens (tertiary/aromatic N) is 1. The number of pyridine rings is 1. The third-order valence-corrected chi connectivity index (χ3v) is 2.87. The molecule has 0 saturated carbocycles. The second kappa shape index (κ2) is 8.48. The molecule has 2 rings (SSSR count). The van der Waals surface area contributed by atoms with Crippen LogP contribution in [0.4, 0.5) is 0 Å². The zero-order chi connectivity index (χ0) is 13.5. The van der Waals surface area contributed by atoms with Crippen LogP contribution >= 0.6 is 0 Å². The average molecular weight is 336 g/mol. The summed E-state index contributed by atoms with van der Waals surface area (Å²) in [6, 6.07) is 16.2. The molecule has 1 aromatic heterocycles. The van der Waals surface area contributed by atoms with E-state index in [9.17, 15) is 4.79 Å². The SMILES string of the molecule is CCOC(=O)C[n+]1ccccc1Cc1ccccc1.[Br-]. The first-order valence-electron chi connectivity index (χ1n) is 6.46. The van der Waals surface area contributed by atoms with Gasteiger partial charge in [0.1, 0.15) is 0 Å². The molecule has 0 aliphatic rings. The first kappa shape index (κ1) is 16.4. The Hall–Kier alpha value is -1.68. The quantitative estimate of drug-likeness (QED) is 0.525. The Kier molecular flexibility index (Phi) is 6.94. The van der Waals surface area contributed by atoms with E-state index in [1.165, 1.54) is 5.56 Å². The van der Waals surface area contributed by atoms with Gasteiger partial charge in [-0.05, 0) is 12.5 Å². The molecule has 0 unspecified atom stereocenters. The molecule has 0 N–H and O–H groups in total. The molecule has 0 bridgehead atoms. The molecule has 106 valence electrons. The second-order valence-corrected chi connectivity index (χ2v) is 4.29. The minimum absolute atomic E-state index is 0. The fraction of sp³-hybridized carbons (Fsp3) is 0.250. The van der Waals surface area contributed by atoms with Gasteiger partial charge < -0.3 is 21.7 Å². The molecule has 1 aromatic carbocycles. The van der Waals surface area contributed by atoms with E-state index in [2.05, 4.69) is 12.1 Å². The molecule has 20 heavy (non-hydrogen) atoms. The molecule has 0 spiro atoms. The predicted molar refractivity (Wildman–Crippen MR) is 72.5 cm³/mol. The van der Waals surface area contributed by atoms with Crippen LogP contribution in [0.1, 0.15) is 18.2 Å². The molecule has 4 heteroatoms. The zero-order valence-corrected chi connectivity index (χ0v) is 13.0. The largest absolute Gasteiger partial charge is 1.00 e. The van der Waals surface area contributed by atoms with E-state index in [1.807, 2.05) is 54.1 Å². The van der Waals surface area contributed by atoms with Crippen molar-refractivity contribution in [3.05, 3.63) is 66.0 Å². The maximum Gasteiger partial charge on any atom is 0.372 e. The lowest BCUT2D eigenvalue weighted by molar-refractivity contribution is -0.692. The summed E-state index contributed by atoms with van der Waals surface area (Å²) in [4.78, 5) is 11.6. The lowest BCUT2D eigenvalue weighted by Crippen LogP contribution is -3.00. The van der Waals surface area contributed by atoms with Crippen LogP contribution in [0.3, 0.4) is 0 Å². The molecule has 1 heterocycles. The van der Waals surface area contributed by atoms with Gasteiger partial charge in [-0.3, -0.25) is 0 Å². The molecule has 0 aliphatic heterocycles. The molecular weight excluding hydrogens is 318 g/mol. The summed E-state index contributed by atoms with van der Waals surface area (Å²) < 4.78 is 6.93. The summed E-state index contributed by atoms with van der Waals surface area (Å²) in [6.45, 7) is 2.50. The molecule has 0 saturated heterocycles. The van der Waals surface area contributed by atoms with Crippen molar-refractivity contribution >= 4 is 5.97 Å². The number of hydrogen-bond acceptors (Lipinski definition) is 2. The molecule has 0 atom stereocenters.